The lowest BCUT2D eigenvalue weighted by Gasteiger charge is -2.20. The standard InChI is InChI=1S/C18H22ClN3O5/c1-25-9-7-20-17(23)15-12-27-16(21-15)11-22(8-10-26-2)18(24)13-3-5-14(19)6-4-13/h3-6,12H,7-11H2,1-2H3,(H,20,23). The number of carbonyl (C=O) groups is 2. The minimum Gasteiger partial charge on any atom is -0.446 e. The van der Waals surface area contributed by atoms with E-state index in [0.717, 1.165) is 0 Å². The van der Waals surface area contributed by atoms with Gasteiger partial charge in [-0.1, -0.05) is 11.6 Å². The quantitative estimate of drug-likeness (QED) is 0.618. The number of rotatable bonds is 10. The molecule has 0 aliphatic heterocycles. The highest BCUT2D eigenvalue weighted by atomic mass is 35.5. The summed E-state index contributed by atoms with van der Waals surface area (Å²) in [6.07, 6.45) is 1.26. The molecule has 2 amide bonds. The second-order valence-electron chi connectivity index (χ2n) is 5.60. The van der Waals surface area contributed by atoms with E-state index in [1.807, 2.05) is 0 Å². The maximum Gasteiger partial charge on any atom is 0.273 e. The van der Waals surface area contributed by atoms with Crippen LogP contribution in [-0.4, -0.2) is 62.2 Å². The zero-order valence-electron chi connectivity index (χ0n) is 15.2. The SMILES string of the molecule is COCCNC(=O)c1coc(CN(CCOC)C(=O)c2ccc(Cl)cc2)n1. The highest BCUT2D eigenvalue weighted by Gasteiger charge is 2.20. The van der Waals surface area contributed by atoms with Crippen LogP contribution in [0.4, 0.5) is 0 Å². The van der Waals surface area contributed by atoms with Crippen LogP contribution in [0.1, 0.15) is 26.7 Å². The third kappa shape index (κ3) is 6.35. The van der Waals surface area contributed by atoms with Gasteiger partial charge in [-0.15, -0.1) is 0 Å². The van der Waals surface area contributed by atoms with E-state index in [9.17, 15) is 9.59 Å². The Morgan fingerprint density at radius 1 is 1.19 bits per heavy atom. The van der Waals surface area contributed by atoms with Crippen LogP contribution < -0.4 is 5.32 Å². The Morgan fingerprint density at radius 2 is 1.89 bits per heavy atom. The first kappa shape index (κ1) is 20.9. The monoisotopic (exact) mass is 395 g/mol. The number of halogens is 1. The number of amides is 2. The van der Waals surface area contributed by atoms with Crippen molar-refractivity contribution in [3.05, 3.63) is 52.7 Å². The molecule has 0 saturated heterocycles. The van der Waals surface area contributed by atoms with Gasteiger partial charge in [0.2, 0.25) is 5.89 Å². The van der Waals surface area contributed by atoms with Crippen LogP contribution in [-0.2, 0) is 16.0 Å². The van der Waals surface area contributed by atoms with Gasteiger partial charge in [0.25, 0.3) is 11.8 Å². The normalized spacial score (nSPS) is 10.6. The van der Waals surface area contributed by atoms with Gasteiger partial charge < -0.3 is 24.1 Å². The Balaban J connectivity index is 2.06. The predicted molar refractivity (Wildman–Crippen MR) is 98.8 cm³/mol. The summed E-state index contributed by atoms with van der Waals surface area (Å²) in [5, 5.41) is 3.20. The van der Waals surface area contributed by atoms with E-state index < -0.39 is 0 Å². The molecule has 9 heteroatoms. The lowest BCUT2D eigenvalue weighted by molar-refractivity contribution is 0.0663. The summed E-state index contributed by atoms with van der Waals surface area (Å²) >= 11 is 5.87. The zero-order chi connectivity index (χ0) is 19.6. The Morgan fingerprint density at radius 3 is 2.56 bits per heavy atom. The average Bonchev–Trinajstić information content (AvgIpc) is 3.14. The third-order valence-electron chi connectivity index (χ3n) is 3.65. The average molecular weight is 396 g/mol. The Hall–Kier alpha value is -2.42. The van der Waals surface area contributed by atoms with Crippen molar-refractivity contribution >= 4 is 23.4 Å². The molecule has 0 spiro atoms. The van der Waals surface area contributed by atoms with Crippen molar-refractivity contribution in [3.8, 4) is 0 Å². The fourth-order valence-electron chi connectivity index (χ4n) is 2.24. The molecule has 0 saturated carbocycles. The fourth-order valence-corrected chi connectivity index (χ4v) is 2.36. The van der Waals surface area contributed by atoms with Gasteiger partial charge in [-0.2, -0.15) is 0 Å². The van der Waals surface area contributed by atoms with Crippen molar-refractivity contribution < 1.29 is 23.5 Å². The van der Waals surface area contributed by atoms with Crippen molar-refractivity contribution in [1.82, 2.24) is 15.2 Å². The number of nitrogens with zero attached hydrogens (tertiary/aromatic N) is 2. The van der Waals surface area contributed by atoms with Gasteiger partial charge in [-0.05, 0) is 24.3 Å². The maximum absolute atomic E-state index is 12.7. The minimum absolute atomic E-state index is 0.107. The predicted octanol–water partition coefficient (Wildman–Crippen LogP) is 1.99. The Bertz CT molecular complexity index is 748. The van der Waals surface area contributed by atoms with Crippen molar-refractivity contribution in [2.45, 2.75) is 6.54 Å². The fraction of sp³-hybridized carbons (Fsp3) is 0.389. The van der Waals surface area contributed by atoms with Crippen molar-refractivity contribution in [2.75, 3.05) is 40.5 Å². The van der Waals surface area contributed by atoms with Gasteiger partial charge in [-0.3, -0.25) is 9.59 Å². The van der Waals surface area contributed by atoms with Crippen LogP contribution in [0.25, 0.3) is 0 Å². The van der Waals surface area contributed by atoms with Crippen molar-refractivity contribution in [2.24, 2.45) is 0 Å². The number of oxazole rings is 1. The van der Waals surface area contributed by atoms with E-state index >= 15 is 0 Å². The van der Waals surface area contributed by atoms with Gasteiger partial charge >= 0.3 is 0 Å². The highest BCUT2D eigenvalue weighted by Crippen LogP contribution is 2.14. The number of hydrogen-bond donors (Lipinski definition) is 1. The number of hydrogen-bond acceptors (Lipinski definition) is 6. The molecule has 2 rings (SSSR count). The Kier molecular flexibility index (Phi) is 8.25. The van der Waals surface area contributed by atoms with Crippen LogP contribution in [0, 0.1) is 0 Å². The lowest BCUT2D eigenvalue weighted by Crippen LogP contribution is -2.33. The van der Waals surface area contributed by atoms with Gasteiger partial charge in [0.05, 0.1) is 19.8 Å². The molecule has 0 radical (unpaired) electrons. The molecule has 146 valence electrons. The first-order valence-corrected chi connectivity index (χ1v) is 8.68. The maximum atomic E-state index is 12.7. The van der Waals surface area contributed by atoms with E-state index in [1.54, 1.807) is 38.5 Å². The molecule has 27 heavy (non-hydrogen) atoms. The third-order valence-corrected chi connectivity index (χ3v) is 3.90. The molecule has 0 aliphatic rings. The van der Waals surface area contributed by atoms with Crippen LogP contribution in [0.3, 0.4) is 0 Å². The molecule has 0 aliphatic carbocycles. The van der Waals surface area contributed by atoms with E-state index in [1.165, 1.54) is 11.2 Å². The van der Waals surface area contributed by atoms with E-state index in [-0.39, 0.29) is 29.9 Å². The number of methoxy groups -OCH3 is 2. The molecule has 1 aromatic carbocycles. The second-order valence-corrected chi connectivity index (χ2v) is 6.04. The number of carbonyl (C=O) groups excluding carboxylic acids is 2. The summed E-state index contributed by atoms with van der Waals surface area (Å²) in [7, 11) is 3.10. The van der Waals surface area contributed by atoms with Gasteiger partial charge in [-0.25, -0.2) is 4.98 Å². The van der Waals surface area contributed by atoms with Gasteiger partial charge in [0.1, 0.15) is 6.26 Å². The van der Waals surface area contributed by atoms with Gasteiger partial charge in [0, 0.05) is 37.9 Å². The van der Waals surface area contributed by atoms with E-state index in [2.05, 4.69) is 10.3 Å². The first-order chi connectivity index (χ1) is 13.0. The summed E-state index contributed by atoms with van der Waals surface area (Å²) in [5.41, 5.74) is 0.631. The molecule has 1 heterocycles. The number of ether oxygens (including phenoxy) is 2. The highest BCUT2D eigenvalue weighted by molar-refractivity contribution is 6.30. The van der Waals surface area contributed by atoms with Crippen LogP contribution in [0.15, 0.2) is 34.9 Å². The van der Waals surface area contributed by atoms with E-state index in [4.69, 9.17) is 25.5 Å². The van der Waals surface area contributed by atoms with Crippen molar-refractivity contribution in [1.29, 1.82) is 0 Å². The summed E-state index contributed by atoms with van der Waals surface area (Å²) in [5.74, 6) is -0.326. The van der Waals surface area contributed by atoms with E-state index in [0.29, 0.717) is 36.9 Å². The molecule has 1 aromatic heterocycles. The minimum atomic E-state index is -0.366. The number of aromatic nitrogens is 1. The molecule has 8 nitrogen and oxygen atoms in total. The molecule has 0 fully saturated rings. The first-order valence-electron chi connectivity index (χ1n) is 8.30. The molecule has 2 aromatic rings. The topological polar surface area (TPSA) is 93.9 Å². The molecular formula is C18H22ClN3O5. The summed E-state index contributed by atoms with van der Waals surface area (Å²) in [6, 6.07) is 6.59. The number of benzene rings is 1. The summed E-state index contributed by atoms with van der Waals surface area (Å²) in [4.78, 5) is 30.4. The molecule has 0 bridgehead atoms. The summed E-state index contributed by atoms with van der Waals surface area (Å²) in [6.45, 7) is 1.57. The van der Waals surface area contributed by atoms with Crippen LogP contribution in [0.2, 0.25) is 5.02 Å². The second kappa shape index (κ2) is 10.7. The van der Waals surface area contributed by atoms with Crippen molar-refractivity contribution in [3.63, 3.8) is 0 Å². The van der Waals surface area contributed by atoms with Gasteiger partial charge in [0.15, 0.2) is 5.69 Å². The zero-order valence-corrected chi connectivity index (χ0v) is 16.0. The van der Waals surface area contributed by atoms with Crippen LogP contribution >= 0.6 is 11.6 Å². The smallest absolute Gasteiger partial charge is 0.273 e. The molecular weight excluding hydrogens is 374 g/mol. The molecule has 0 atom stereocenters. The lowest BCUT2D eigenvalue weighted by atomic mass is 10.2. The largest absolute Gasteiger partial charge is 0.446 e. The Labute approximate surface area is 162 Å². The molecule has 0 unspecified atom stereocenters. The van der Waals surface area contributed by atoms with Crippen LogP contribution in [0.5, 0.6) is 0 Å². The summed E-state index contributed by atoms with van der Waals surface area (Å²) < 4.78 is 15.3. The number of nitrogens with one attached hydrogen (secondary N) is 1. The molecule has 1 N–H and O–H groups in total.